The average Bonchev–Trinajstić information content (AvgIpc) is 2.78. The van der Waals surface area contributed by atoms with E-state index in [0.717, 1.165) is 18.7 Å². The molecule has 1 unspecified atom stereocenters. The van der Waals surface area contributed by atoms with Gasteiger partial charge in [0.05, 0.1) is 0 Å². The van der Waals surface area contributed by atoms with Crippen molar-refractivity contribution in [1.29, 1.82) is 0 Å². The summed E-state index contributed by atoms with van der Waals surface area (Å²) in [6.45, 7) is 5.59. The van der Waals surface area contributed by atoms with E-state index in [0.29, 0.717) is 17.9 Å². The molecule has 1 aromatic heterocycles. The van der Waals surface area contributed by atoms with E-state index in [1.54, 1.807) is 0 Å². The third kappa shape index (κ3) is 2.58. The van der Waals surface area contributed by atoms with Gasteiger partial charge in [-0.1, -0.05) is 6.92 Å². The second-order valence-electron chi connectivity index (χ2n) is 4.78. The van der Waals surface area contributed by atoms with Crippen molar-refractivity contribution in [3.63, 3.8) is 0 Å². The smallest absolute Gasteiger partial charge is 0.254 e. The van der Waals surface area contributed by atoms with Crippen molar-refractivity contribution in [2.24, 2.45) is 5.92 Å². The van der Waals surface area contributed by atoms with Crippen molar-refractivity contribution < 1.29 is 9.26 Å². The van der Waals surface area contributed by atoms with Gasteiger partial charge in [0.1, 0.15) is 11.9 Å². The summed E-state index contributed by atoms with van der Waals surface area (Å²) >= 11 is 0. The molecule has 2 bridgehead atoms. The Morgan fingerprint density at radius 2 is 2.24 bits per heavy atom. The quantitative estimate of drug-likeness (QED) is 0.833. The summed E-state index contributed by atoms with van der Waals surface area (Å²) in [6.07, 6.45) is 3.72. The van der Waals surface area contributed by atoms with E-state index in [2.05, 4.69) is 17.0 Å². The van der Waals surface area contributed by atoms with Crippen LogP contribution in [0, 0.1) is 5.92 Å². The number of rotatable bonds is 3. The van der Waals surface area contributed by atoms with Crippen LogP contribution in [-0.2, 0) is 6.42 Å². The second kappa shape index (κ2) is 5.27. The molecule has 3 aliphatic rings. The van der Waals surface area contributed by atoms with Crippen LogP contribution in [0.15, 0.2) is 10.6 Å². The maximum Gasteiger partial charge on any atom is 0.254 e. The zero-order chi connectivity index (χ0) is 11.0. The predicted octanol–water partition coefficient (Wildman–Crippen LogP) is 2.13. The van der Waals surface area contributed by atoms with Crippen LogP contribution in [0.4, 0.5) is 0 Å². The molecule has 5 heteroatoms. The molecule has 1 aromatic rings. The second-order valence-corrected chi connectivity index (χ2v) is 4.78. The fourth-order valence-electron chi connectivity index (χ4n) is 2.72. The summed E-state index contributed by atoms with van der Waals surface area (Å²) in [5.74, 6) is 2.28. The first-order valence-electron chi connectivity index (χ1n) is 6.19. The van der Waals surface area contributed by atoms with Crippen LogP contribution in [0.5, 0.6) is 5.88 Å². The zero-order valence-electron chi connectivity index (χ0n) is 10.1. The summed E-state index contributed by atoms with van der Waals surface area (Å²) in [5.41, 5.74) is 0. The predicted molar refractivity (Wildman–Crippen MR) is 66.7 cm³/mol. The fourth-order valence-corrected chi connectivity index (χ4v) is 2.72. The molecule has 4 rings (SSSR count). The summed E-state index contributed by atoms with van der Waals surface area (Å²) in [4.78, 5) is 2.48. The summed E-state index contributed by atoms with van der Waals surface area (Å²) in [5, 5.41) is 3.95. The minimum Gasteiger partial charge on any atom is -0.471 e. The number of hydrogen-bond acceptors (Lipinski definition) is 4. The fraction of sp³-hybridized carbons (Fsp3) is 0.750. The van der Waals surface area contributed by atoms with Gasteiger partial charge in [-0.15, -0.1) is 12.4 Å². The topological polar surface area (TPSA) is 38.5 Å². The number of fused-ring (bicyclic) bond motifs is 3. The Morgan fingerprint density at radius 1 is 1.47 bits per heavy atom. The minimum atomic E-state index is 0. The lowest BCUT2D eigenvalue weighted by molar-refractivity contribution is -0.0113. The van der Waals surface area contributed by atoms with Gasteiger partial charge in [-0.25, -0.2) is 0 Å². The van der Waals surface area contributed by atoms with Crippen molar-refractivity contribution in [1.82, 2.24) is 10.1 Å². The van der Waals surface area contributed by atoms with Gasteiger partial charge in [0.25, 0.3) is 5.88 Å². The van der Waals surface area contributed by atoms with Gasteiger partial charge in [0.2, 0.25) is 0 Å². The van der Waals surface area contributed by atoms with E-state index >= 15 is 0 Å². The molecule has 0 N–H and O–H groups in total. The van der Waals surface area contributed by atoms with E-state index in [4.69, 9.17) is 9.26 Å². The van der Waals surface area contributed by atoms with Gasteiger partial charge in [-0.05, 0) is 37.0 Å². The van der Waals surface area contributed by atoms with E-state index in [-0.39, 0.29) is 12.4 Å². The molecule has 4 nitrogen and oxygen atoms in total. The maximum atomic E-state index is 5.93. The molecule has 0 radical (unpaired) electrons. The summed E-state index contributed by atoms with van der Waals surface area (Å²) in [7, 11) is 0. The lowest BCUT2D eigenvalue weighted by atomic mass is 9.86. The highest BCUT2D eigenvalue weighted by Gasteiger charge is 2.35. The molecule has 0 spiro atoms. The molecule has 0 amide bonds. The number of hydrogen-bond donors (Lipinski definition) is 0. The molecule has 96 valence electrons. The van der Waals surface area contributed by atoms with Crippen LogP contribution in [-0.4, -0.2) is 35.8 Å². The van der Waals surface area contributed by atoms with Crippen molar-refractivity contribution >= 4 is 12.4 Å². The van der Waals surface area contributed by atoms with Crippen LogP contribution in [0.25, 0.3) is 0 Å². The van der Waals surface area contributed by atoms with Crippen LogP contribution in [0.1, 0.15) is 25.5 Å². The van der Waals surface area contributed by atoms with E-state index in [9.17, 15) is 0 Å². The van der Waals surface area contributed by atoms with Crippen LogP contribution >= 0.6 is 12.4 Å². The molecule has 0 saturated carbocycles. The Kier molecular flexibility index (Phi) is 3.94. The average molecular weight is 259 g/mol. The normalized spacial score (nSPS) is 31.0. The first-order chi connectivity index (χ1) is 7.85. The van der Waals surface area contributed by atoms with Crippen LogP contribution < -0.4 is 4.74 Å². The molecule has 3 fully saturated rings. The van der Waals surface area contributed by atoms with E-state index < -0.39 is 0 Å². The van der Waals surface area contributed by atoms with Gasteiger partial charge < -0.3 is 9.26 Å². The van der Waals surface area contributed by atoms with Crippen molar-refractivity contribution in [2.45, 2.75) is 32.3 Å². The minimum absolute atomic E-state index is 0. The number of nitrogens with zero attached hydrogens (tertiary/aromatic N) is 2. The number of piperidine rings is 3. The van der Waals surface area contributed by atoms with E-state index in [1.807, 2.05) is 6.07 Å². The third-order valence-electron chi connectivity index (χ3n) is 3.75. The standard InChI is InChI=1S/C12H18N2O2.ClH/c1-2-10-7-12(13-16-10)15-11-8-14-5-3-9(11)4-6-14;/h7,9,11H,2-6,8H2,1H3;1H. The SMILES string of the molecule is CCc1cc(OC2CN3CCC2CC3)no1.Cl. The molecule has 0 aliphatic carbocycles. The number of halogens is 1. The first-order valence-corrected chi connectivity index (χ1v) is 6.19. The van der Waals surface area contributed by atoms with Crippen molar-refractivity contribution in [3.8, 4) is 5.88 Å². The largest absolute Gasteiger partial charge is 0.471 e. The molecular weight excluding hydrogens is 240 g/mol. The Labute approximate surface area is 108 Å². The van der Waals surface area contributed by atoms with Crippen LogP contribution in [0.3, 0.4) is 0 Å². The third-order valence-corrected chi connectivity index (χ3v) is 3.75. The Balaban J connectivity index is 0.00000108. The molecule has 1 atom stereocenters. The van der Waals surface area contributed by atoms with Gasteiger partial charge in [0.15, 0.2) is 0 Å². The van der Waals surface area contributed by atoms with Gasteiger partial charge in [-0.2, -0.15) is 0 Å². The molecule has 3 aliphatic heterocycles. The Hall–Kier alpha value is -0.740. The van der Waals surface area contributed by atoms with Gasteiger partial charge >= 0.3 is 0 Å². The van der Waals surface area contributed by atoms with Crippen LogP contribution in [0.2, 0.25) is 0 Å². The van der Waals surface area contributed by atoms with Gasteiger partial charge in [-0.3, -0.25) is 4.90 Å². The molecule has 17 heavy (non-hydrogen) atoms. The van der Waals surface area contributed by atoms with Gasteiger partial charge in [0, 0.05) is 19.0 Å². The first kappa shape index (κ1) is 12.7. The maximum absolute atomic E-state index is 5.93. The lowest BCUT2D eigenvalue weighted by Crippen LogP contribution is -2.52. The molecule has 4 heterocycles. The summed E-state index contributed by atoms with van der Waals surface area (Å²) < 4.78 is 11.1. The highest BCUT2D eigenvalue weighted by molar-refractivity contribution is 5.85. The van der Waals surface area contributed by atoms with Crippen molar-refractivity contribution in [3.05, 3.63) is 11.8 Å². The number of aryl methyl sites for hydroxylation is 1. The number of aromatic nitrogens is 1. The highest BCUT2D eigenvalue weighted by atomic mass is 35.5. The highest BCUT2D eigenvalue weighted by Crippen LogP contribution is 2.30. The molecular formula is C12H19ClN2O2. The summed E-state index contributed by atoms with van der Waals surface area (Å²) in [6, 6.07) is 1.91. The number of ether oxygens (including phenoxy) is 1. The Bertz CT molecular complexity index is 361. The Morgan fingerprint density at radius 3 is 2.76 bits per heavy atom. The van der Waals surface area contributed by atoms with E-state index in [1.165, 1.54) is 25.9 Å². The molecule has 0 aromatic carbocycles. The zero-order valence-corrected chi connectivity index (χ0v) is 10.9. The molecule has 3 saturated heterocycles. The van der Waals surface area contributed by atoms with Crippen molar-refractivity contribution in [2.75, 3.05) is 19.6 Å². The lowest BCUT2D eigenvalue weighted by Gasteiger charge is -2.43. The monoisotopic (exact) mass is 258 g/mol.